The Labute approximate surface area is 180 Å². The van der Waals surface area contributed by atoms with Gasteiger partial charge in [-0.1, -0.05) is 56.6 Å². The quantitative estimate of drug-likeness (QED) is 0.443. The first-order valence-electron chi connectivity index (χ1n) is 12.3. The lowest BCUT2D eigenvalue weighted by atomic mass is 9.60. The Morgan fingerprint density at radius 1 is 1.17 bits per heavy atom. The predicted molar refractivity (Wildman–Crippen MR) is 124 cm³/mol. The molecule has 0 N–H and O–H groups in total. The summed E-state index contributed by atoms with van der Waals surface area (Å²) in [5.74, 6) is 2.40. The minimum absolute atomic E-state index is 0.167. The summed E-state index contributed by atoms with van der Waals surface area (Å²) in [6, 6.07) is 2.47. The lowest BCUT2D eigenvalue weighted by molar-refractivity contribution is 0.0924. The molecule has 1 nitrogen and oxygen atoms in total. The van der Waals surface area contributed by atoms with Crippen LogP contribution >= 0.6 is 0 Å². The van der Waals surface area contributed by atoms with Gasteiger partial charge in [0.1, 0.15) is 0 Å². The van der Waals surface area contributed by atoms with E-state index in [-0.39, 0.29) is 5.41 Å². The number of hydrogen-bond donors (Lipinski definition) is 0. The molecular formula is C28H43N. The summed E-state index contributed by atoms with van der Waals surface area (Å²) in [5.41, 5.74) is 4.93. The fourth-order valence-corrected chi connectivity index (χ4v) is 6.74. The molecule has 3 aliphatic rings. The molecule has 3 aliphatic carbocycles. The van der Waals surface area contributed by atoms with Crippen molar-refractivity contribution in [3.05, 3.63) is 35.5 Å². The van der Waals surface area contributed by atoms with Crippen LogP contribution in [0.5, 0.6) is 0 Å². The van der Waals surface area contributed by atoms with Gasteiger partial charge in [-0.3, -0.25) is 0 Å². The van der Waals surface area contributed by atoms with Crippen molar-refractivity contribution in [3.63, 3.8) is 0 Å². The normalized spacial score (nSPS) is 34.2. The Kier molecular flexibility index (Phi) is 7.14. The number of nitrogens with zero attached hydrogens (tertiary/aromatic N) is 1. The summed E-state index contributed by atoms with van der Waals surface area (Å²) >= 11 is 0. The van der Waals surface area contributed by atoms with Crippen LogP contribution in [0.15, 0.2) is 35.5 Å². The molecule has 3 unspecified atom stereocenters. The monoisotopic (exact) mass is 393 g/mol. The number of rotatable bonds is 6. The number of nitriles is 1. The average molecular weight is 394 g/mol. The van der Waals surface area contributed by atoms with E-state index in [0.29, 0.717) is 5.41 Å². The highest BCUT2D eigenvalue weighted by atomic mass is 14.5. The zero-order valence-corrected chi connectivity index (χ0v) is 19.5. The zero-order valence-electron chi connectivity index (χ0n) is 19.5. The van der Waals surface area contributed by atoms with Crippen LogP contribution in [-0.4, -0.2) is 0 Å². The molecule has 0 saturated heterocycles. The van der Waals surface area contributed by atoms with Crippen LogP contribution in [-0.2, 0) is 0 Å². The Morgan fingerprint density at radius 2 is 1.93 bits per heavy atom. The van der Waals surface area contributed by atoms with Crippen LogP contribution in [0.25, 0.3) is 0 Å². The minimum atomic E-state index is -0.167. The van der Waals surface area contributed by atoms with E-state index in [1.54, 1.807) is 5.57 Å². The summed E-state index contributed by atoms with van der Waals surface area (Å²) in [6.07, 6.45) is 20.3. The predicted octanol–water partition coefficient (Wildman–Crippen LogP) is 8.54. The van der Waals surface area contributed by atoms with E-state index in [4.69, 9.17) is 0 Å². The van der Waals surface area contributed by atoms with Crippen LogP contribution in [0.3, 0.4) is 0 Å². The van der Waals surface area contributed by atoms with E-state index >= 15 is 0 Å². The molecule has 4 atom stereocenters. The standard InChI is InChI=1S/C28H43N/c1-21-10-6-7-12-23(21)14-15-24-13-9-19-28(5)25(16-17-26(24)28)22(2)11-8-18-27(3,4)20-29/h14-15,22,25-26H,1,6-13,16-19H2,2-5H3/b23-14-,24-15+/t22-,25?,26?,28?/m1/s1. The Hall–Kier alpha value is -1.29. The van der Waals surface area contributed by atoms with Gasteiger partial charge < -0.3 is 0 Å². The Balaban J connectivity index is 1.66. The van der Waals surface area contributed by atoms with Gasteiger partial charge in [0.25, 0.3) is 0 Å². The Bertz CT molecular complexity index is 700. The van der Waals surface area contributed by atoms with Crippen molar-refractivity contribution in [2.24, 2.45) is 28.6 Å². The number of fused-ring (bicyclic) bond motifs is 1. The maximum absolute atomic E-state index is 9.29. The van der Waals surface area contributed by atoms with Crippen molar-refractivity contribution < 1.29 is 0 Å². The highest BCUT2D eigenvalue weighted by Gasteiger charge is 2.50. The summed E-state index contributed by atoms with van der Waals surface area (Å²) in [4.78, 5) is 0. The first kappa shape index (κ1) is 22.4. The van der Waals surface area contributed by atoms with Crippen LogP contribution in [0.4, 0.5) is 0 Å². The highest BCUT2D eigenvalue weighted by molar-refractivity contribution is 5.35. The third kappa shape index (κ3) is 5.07. The maximum atomic E-state index is 9.29. The van der Waals surface area contributed by atoms with Crippen molar-refractivity contribution in [2.75, 3.05) is 0 Å². The van der Waals surface area contributed by atoms with Gasteiger partial charge in [0.15, 0.2) is 0 Å². The second kappa shape index (κ2) is 9.24. The summed E-state index contributed by atoms with van der Waals surface area (Å²) in [6.45, 7) is 13.6. The van der Waals surface area contributed by atoms with Gasteiger partial charge in [-0.15, -0.1) is 0 Å². The van der Waals surface area contributed by atoms with E-state index in [9.17, 15) is 5.26 Å². The zero-order chi connectivity index (χ0) is 21.1. The summed E-state index contributed by atoms with van der Waals surface area (Å²) in [5, 5.41) is 9.29. The molecule has 0 aromatic heterocycles. The van der Waals surface area contributed by atoms with E-state index in [2.05, 4.69) is 52.5 Å². The molecule has 160 valence electrons. The molecule has 0 radical (unpaired) electrons. The molecule has 3 fully saturated rings. The maximum Gasteiger partial charge on any atom is 0.0683 e. The first-order chi connectivity index (χ1) is 13.8. The molecule has 0 aromatic rings. The fraction of sp³-hybridized carbons (Fsp3) is 0.750. The molecule has 0 amide bonds. The van der Waals surface area contributed by atoms with Gasteiger partial charge in [-0.2, -0.15) is 5.26 Å². The van der Waals surface area contributed by atoms with Gasteiger partial charge in [0, 0.05) is 0 Å². The van der Waals surface area contributed by atoms with Crippen LogP contribution in [0, 0.1) is 39.9 Å². The van der Waals surface area contributed by atoms with E-state index in [1.807, 2.05) is 0 Å². The van der Waals surface area contributed by atoms with Gasteiger partial charge in [-0.05, 0) is 107 Å². The molecule has 3 saturated carbocycles. The van der Waals surface area contributed by atoms with Crippen LogP contribution < -0.4 is 0 Å². The van der Waals surface area contributed by atoms with Crippen molar-refractivity contribution in [1.29, 1.82) is 5.26 Å². The number of allylic oxidation sites excluding steroid dienone is 5. The molecule has 29 heavy (non-hydrogen) atoms. The largest absolute Gasteiger partial charge is 0.198 e. The smallest absolute Gasteiger partial charge is 0.0683 e. The summed E-state index contributed by atoms with van der Waals surface area (Å²) in [7, 11) is 0. The first-order valence-corrected chi connectivity index (χ1v) is 12.3. The third-order valence-corrected chi connectivity index (χ3v) is 8.62. The lowest BCUT2D eigenvalue weighted by Crippen LogP contribution is -2.36. The molecule has 0 aliphatic heterocycles. The van der Waals surface area contributed by atoms with Crippen molar-refractivity contribution in [1.82, 2.24) is 0 Å². The second-order valence-corrected chi connectivity index (χ2v) is 11.2. The minimum Gasteiger partial charge on any atom is -0.198 e. The molecule has 3 rings (SSSR count). The van der Waals surface area contributed by atoms with E-state index < -0.39 is 0 Å². The summed E-state index contributed by atoms with van der Waals surface area (Å²) < 4.78 is 0. The van der Waals surface area contributed by atoms with E-state index in [0.717, 1.165) is 24.2 Å². The molecular weight excluding hydrogens is 350 g/mol. The Morgan fingerprint density at radius 3 is 2.66 bits per heavy atom. The van der Waals surface area contributed by atoms with Crippen molar-refractivity contribution in [2.45, 2.75) is 105 Å². The third-order valence-electron chi connectivity index (χ3n) is 8.62. The molecule has 0 heterocycles. The topological polar surface area (TPSA) is 23.8 Å². The van der Waals surface area contributed by atoms with Crippen LogP contribution in [0.1, 0.15) is 105 Å². The average Bonchev–Trinajstić information content (AvgIpc) is 3.05. The molecule has 0 aromatic carbocycles. The van der Waals surface area contributed by atoms with Gasteiger partial charge in [0.2, 0.25) is 0 Å². The molecule has 1 heteroatoms. The van der Waals surface area contributed by atoms with Crippen molar-refractivity contribution >= 4 is 0 Å². The van der Waals surface area contributed by atoms with E-state index in [1.165, 1.54) is 81.8 Å². The molecule has 0 bridgehead atoms. The van der Waals surface area contributed by atoms with Gasteiger partial charge >= 0.3 is 0 Å². The highest BCUT2D eigenvalue weighted by Crippen LogP contribution is 2.60. The second-order valence-electron chi connectivity index (χ2n) is 11.2. The van der Waals surface area contributed by atoms with Crippen LogP contribution in [0.2, 0.25) is 0 Å². The lowest BCUT2D eigenvalue weighted by Gasteiger charge is -2.44. The molecule has 0 spiro atoms. The van der Waals surface area contributed by atoms with Gasteiger partial charge in [-0.25, -0.2) is 0 Å². The number of hydrogen-bond acceptors (Lipinski definition) is 1. The van der Waals surface area contributed by atoms with Gasteiger partial charge in [0.05, 0.1) is 11.5 Å². The fourth-order valence-electron chi connectivity index (χ4n) is 6.74. The van der Waals surface area contributed by atoms with Crippen molar-refractivity contribution in [3.8, 4) is 6.07 Å². The SMILES string of the molecule is C=C1CCCC/C1=C/C=C1\CCCC2(C)C1CCC2[C@H](C)CCCC(C)(C)C#N.